The topological polar surface area (TPSA) is 41.6 Å². The number of thioether (sulfide) groups is 1. The third kappa shape index (κ3) is 1.45. The summed E-state index contributed by atoms with van der Waals surface area (Å²) < 4.78 is 0. The number of aromatic nitrogens is 3. The van der Waals surface area contributed by atoms with Crippen LogP contribution in [0.1, 0.15) is 31.5 Å². The van der Waals surface area contributed by atoms with Crippen LogP contribution in [0.3, 0.4) is 0 Å². The minimum Gasteiger partial charge on any atom is -0.262 e. The van der Waals surface area contributed by atoms with Gasteiger partial charge in [0.2, 0.25) is 5.16 Å². The average Bonchev–Trinajstić information content (AvgIpc) is 2.82. The molecule has 1 aromatic heterocycles. The summed E-state index contributed by atoms with van der Waals surface area (Å²) in [6.07, 6.45) is 5.75. The Morgan fingerprint density at radius 2 is 2.29 bits per heavy atom. The molecule has 1 N–H and O–H groups in total. The Bertz CT molecular complexity index is 336. The Morgan fingerprint density at radius 1 is 1.36 bits per heavy atom. The van der Waals surface area contributed by atoms with Gasteiger partial charge >= 0.3 is 0 Å². The standard InChI is InChI=1S/C10H15N3S/c1-6-11-10(13-12-6)14-9-5-7-2-3-8(9)4-7/h7-9H,2-5H2,1H3,(H,11,12,13)/t7-,8+,9+/m0/s1. The zero-order valence-corrected chi connectivity index (χ0v) is 9.18. The van der Waals surface area contributed by atoms with Gasteiger partial charge in [0.15, 0.2) is 0 Å². The van der Waals surface area contributed by atoms with Crippen LogP contribution in [0.2, 0.25) is 0 Å². The van der Waals surface area contributed by atoms with Crippen LogP contribution in [0.15, 0.2) is 5.16 Å². The van der Waals surface area contributed by atoms with E-state index in [2.05, 4.69) is 15.2 Å². The number of hydrogen-bond donors (Lipinski definition) is 1. The fourth-order valence-corrected chi connectivity index (χ4v) is 4.21. The van der Waals surface area contributed by atoms with Crippen molar-refractivity contribution < 1.29 is 0 Å². The van der Waals surface area contributed by atoms with Crippen molar-refractivity contribution >= 4 is 11.8 Å². The largest absolute Gasteiger partial charge is 0.262 e. The summed E-state index contributed by atoms with van der Waals surface area (Å²) in [5.41, 5.74) is 0. The zero-order valence-electron chi connectivity index (χ0n) is 8.36. The molecule has 0 saturated heterocycles. The highest BCUT2D eigenvalue weighted by molar-refractivity contribution is 7.99. The Labute approximate surface area is 88.1 Å². The highest BCUT2D eigenvalue weighted by Gasteiger charge is 2.40. The van der Waals surface area contributed by atoms with E-state index in [9.17, 15) is 0 Å². The summed E-state index contributed by atoms with van der Waals surface area (Å²) in [5.74, 6) is 2.89. The van der Waals surface area contributed by atoms with E-state index in [4.69, 9.17) is 0 Å². The van der Waals surface area contributed by atoms with Crippen LogP contribution in [0, 0.1) is 18.8 Å². The lowest BCUT2D eigenvalue weighted by atomic mass is 10.0. The molecule has 3 nitrogen and oxygen atoms in total. The van der Waals surface area contributed by atoms with E-state index < -0.39 is 0 Å². The van der Waals surface area contributed by atoms with Crippen LogP contribution in [-0.2, 0) is 0 Å². The third-order valence-electron chi connectivity index (χ3n) is 3.51. The van der Waals surface area contributed by atoms with Crippen molar-refractivity contribution in [3.8, 4) is 0 Å². The number of aromatic amines is 1. The number of nitrogens with zero attached hydrogens (tertiary/aromatic N) is 2. The Kier molecular flexibility index (Phi) is 2.04. The molecule has 76 valence electrons. The second-order valence-corrected chi connectivity index (χ2v) is 5.74. The Balaban J connectivity index is 1.68. The van der Waals surface area contributed by atoms with Crippen LogP contribution in [0.25, 0.3) is 0 Å². The summed E-state index contributed by atoms with van der Waals surface area (Å²) in [6.45, 7) is 1.96. The van der Waals surface area contributed by atoms with Crippen molar-refractivity contribution in [1.82, 2.24) is 15.2 Å². The highest BCUT2D eigenvalue weighted by atomic mass is 32.2. The zero-order chi connectivity index (χ0) is 9.54. The molecule has 0 unspecified atom stereocenters. The first-order valence-electron chi connectivity index (χ1n) is 5.37. The van der Waals surface area contributed by atoms with Gasteiger partial charge in [0.05, 0.1) is 0 Å². The van der Waals surface area contributed by atoms with Crippen molar-refractivity contribution in [3.63, 3.8) is 0 Å². The van der Waals surface area contributed by atoms with Crippen molar-refractivity contribution in [3.05, 3.63) is 5.82 Å². The first-order chi connectivity index (χ1) is 6.81. The van der Waals surface area contributed by atoms with Crippen molar-refractivity contribution in [1.29, 1.82) is 0 Å². The predicted octanol–water partition coefficient (Wildman–Crippen LogP) is 2.39. The van der Waals surface area contributed by atoms with Gasteiger partial charge in [0, 0.05) is 5.25 Å². The minimum atomic E-state index is 0.795. The lowest BCUT2D eigenvalue weighted by Crippen LogP contribution is -2.12. The molecule has 4 heteroatoms. The summed E-state index contributed by atoms with van der Waals surface area (Å²) in [6, 6.07) is 0. The fourth-order valence-electron chi connectivity index (χ4n) is 2.84. The molecule has 2 bridgehead atoms. The predicted molar refractivity (Wildman–Crippen MR) is 56.2 cm³/mol. The van der Waals surface area contributed by atoms with Crippen LogP contribution in [0.5, 0.6) is 0 Å². The monoisotopic (exact) mass is 209 g/mol. The van der Waals surface area contributed by atoms with Gasteiger partial charge in [-0.3, -0.25) is 5.10 Å². The molecule has 2 aliphatic rings. The molecule has 3 rings (SSSR count). The van der Waals surface area contributed by atoms with E-state index in [1.807, 2.05) is 18.7 Å². The second-order valence-electron chi connectivity index (χ2n) is 4.53. The van der Waals surface area contributed by atoms with Crippen molar-refractivity contribution in [2.24, 2.45) is 11.8 Å². The maximum Gasteiger partial charge on any atom is 0.208 e. The number of rotatable bonds is 2. The first-order valence-corrected chi connectivity index (χ1v) is 6.25. The fraction of sp³-hybridized carbons (Fsp3) is 0.800. The molecule has 2 aliphatic carbocycles. The van der Waals surface area contributed by atoms with E-state index in [1.165, 1.54) is 25.7 Å². The SMILES string of the molecule is Cc1nc(S[C@@H]2C[C@H]3CC[C@@H]2C3)n[nH]1. The van der Waals surface area contributed by atoms with Gasteiger partial charge < -0.3 is 0 Å². The molecular weight excluding hydrogens is 194 g/mol. The molecule has 0 aliphatic heterocycles. The van der Waals surface area contributed by atoms with Crippen LogP contribution in [-0.4, -0.2) is 20.4 Å². The molecular formula is C10H15N3S. The van der Waals surface area contributed by atoms with Gasteiger partial charge in [-0.15, -0.1) is 5.10 Å². The lowest BCUT2D eigenvalue weighted by Gasteiger charge is -2.18. The average molecular weight is 209 g/mol. The molecule has 3 atom stereocenters. The normalized spacial score (nSPS) is 35.4. The van der Waals surface area contributed by atoms with Gasteiger partial charge in [0.1, 0.15) is 5.82 Å². The second kappa shape index (κ2) is 3.26. The van der Waals surface area contributed by atoms with E-state index in [0.29, 0.717) is 0 Å². The number of hydrogen-bond acceptors (Lipinski definition) is 3. The molecule has 0 radical (unpaired) electrons. The summed E-state index contributed by atoms with van der Waals surface area (Å²) in [7, 11) is 0. The Morgan fingerprint density at radius 3 is 2.86 bits per heavy atom. The van der Waals surface area contributed by atoms with Crippen molar-refractivity contribution in [2.75, 3.05) is 0 Å². The van der Waals surface area contributed by atoms with Gasteiger partial charge in [-0.25, -0.2) is 4.98 Å². The van der Waals surface area contributed by atoms with Gasteiger partial charge in [-0.05, 0) is 38.0 Å². The summed E-state index contributed by atoms with van der Waals surface area (Å²) in [5, 5.41) is 8.83. The number of aryl methyl sites for hydroxylation is 1. The molecule has 2 fully saturated rings. The van der Waals surface area contributed by atoms with Crippen LogP contribution >= 0.6 is 11.8 Å². The molecule has 0 amide bonds. The highest BCUT2D eigenvalue weighted by Crippen LogP contribution is 2.50. The molecule has 0 spiro atoms. The van der Waals surface area contributed by atoms with E-state index in [-0.39, 0.29) is 0 Å². The first kappa shape index (κ1) is 8.77. The lowest BCUT2D eigenvalue weighted by molar-refractivity contribution is 0.491. The molecule has 2 saturated carbocycles. The molecule has 14 heavy (non-hydrogen) atoms. The maximum atomic E-state index is 4.35. The van der Waals surface area contributed by atoms with E-state index in [0.717, 1.165) is 28.1 Å². The van der Waals surface area contributed by atoms with E-state index in [1.54, 1.807) is 0 Å². The van der Waals surface area contributed by atoms with Crippen LogP contribution in [0.4, 0.5) is 0 Å². The summed E-state index contributed by atoms with van der Waals surface area (Å²) >= 11 is 1.88. The number of nitrogens with one attached hydrogen (secondary N) is 1. The van der Waals surface area contributed by atoms with Gasteiger partial charge in [0.25, 0.3) is 0 Å². The third-order valence-corrected chi connectivity index (χ3v) is 4.78. The van der Waals surface area contributed by atoms with Crippen LogP contribution < -0.4 is 0 Å². The van der Waals surface area contributed by atoms with Gasteiger partial charge in [-0.2, -0.15) is 0 Å². The summed E-state index contributed by atoms with van der Waals surface area (Å²) in [4.78, 5) is 4.35. The maximum absolute atomic E-state index is 4.35. The number of fused-ring (bicyclic) bond motifs is 2. The number of H-pyrrole nitrogens is 1. The Hall–Kier alpha value is -0.510. The van der Waals surface area contributed by atoms with E-state index >= 15 is 0 Å². The molecule has 1 aromatic rings. The molecule has 0 aromatic carbocycles. The minimum absolute atomic E-state index is 0.795. The van der Waals surface area contributed by atoms with Crippen molar-refractivity contribution in [2.45, 2.75) is 43.0 Å². The van der Waals surface area contributed by atoms with Gasteiger partial charge in [-0.1, -0.05) is 18.2 Å². The molecule has 1 heterocycles. The quantitative estimate of drug-likeness (QED) is 0.813. The smallest absolute Gasteiger partial charge is 0.208 e.